The van der Waals surface area contributed by atoms with Gasteiger partial charge in [-0.15, -0.1) is 0 Å². The second-order valence-corrected chi connectivity index (χ2v) is 8.69. The maximum absolute atomic E-state index is 11.3. The van der Waals surface area contributed by atoms with Gasteiger partial charge in [-0.2, -0.15) is 0 Å². The third-order valence-corrected chi connectivity index (χ3v) is 5.53. The number of hydrogen-bond acceptors (Lipinski definition) is 4. The fourth-order valence-corrected chi connectivity index (χ4v) is 2.81. The molecular formula is C19H31NaO4S. The van der Waals surface area contributed by atoms with E-state index < -0.39 is 15.1 Å². The van der Waals surface area contributed by atoms with Crippen molar-refractivity contribution in [3.05, 3.63) is 29.3 Å². The quantitative estimate of drug-likeness (QED) is 0.335. The molecule has 1 aromatic rings. The summed E-state index contributed by atoms with van der Waals surface area (Å²) in [7, 11) is -4.53. The van der Waals surface area contributed by atoms with E-state index in [9.17, 15) is 13.0 Å². The largest absolute Gasteiger partial charge is 1.00 e. The van der Waals surface area contributed by atoms with Gasteiger partial charge in [0.05, 0.1) is 0 Å². The fraction of sp³-hybridized carbons (Fsp3) is 0.684. The molecule has 4 nitrogen and oxygen atoms in total. The number of hydrogen-bond donors (Lipinski definition) is 0. The molecule has 0 aliphatic rings. The van der Waals surface area contributed by atoms with Crippen LogP contribution in [0.2, 0.25) is 0 Å². The molecule has 0 N–H and O–H groups in total. The normalized spacial score (nSPS) is 11.9. The molecule has 0 radical (unpaired) electrons. The van der Waals surface area contributed by atoms with Gasteiger partial charge in [-0.05, 0) is 62.8 Å². The minimum Gasteiger partial charge on any atom is -0.745 e. The van der Waals surface area contributed by atoms with Crippen molar-refractivity contribution in [1.82, 2.24) is 0 Å². The first kappa shape index (κ1) is 24.9. The van der Waals surface area contributed by atoms with Crippen LogP contribution in [0.3, 0.4) is 0 Å². The Kier molecular flexibility index (Phi) is 11.6. The zero-order valence-electron chi connectivity index (χ0n) is 16.4. The SMILES string of the molecule is CCCCCc1ccc(OC(C)(C)S(=O)(=O)[O-])cc1CCCCC.[Na+]. The third-order valence-electron chi connectivity index (χ3n) is 4.24. The summed E-state index contributed by atoms with van der Waals surface area (Å²) < 4.78 is 39.4. The van der Waals surface area contributed by atoms with Crippen LogP contribution < -0.4 is 34.3 Å². The van der Waals surface area contributed by atoms with Crippen LogP contribution in [-0.2, 0) is 23.0 Å². The van der Waals surface area contributed by atoms with Gasteiger partial charge in [0.1, 0.15) is 15.9 Å². The first-order valence-electron chi connectivity index (χ1n) is 8.97. The minimum atomic E-state index is -4.53. The van der Waals surface area contributed by atoms with E-state index >= 15 is 0 Å². The average Bonchev–Trinajstić information content (AvgIpc) is 2.48. The van der Waals surface area contributed by atoms with Crippen molar-refractivity contribution >= 4 is 10.1 Å². The number of benzene rings is 1. The van der Waals surface area contributed by atoms with Gasteiger partial charge >= 0.3 is 29.6 Å². The Labute approximate surface area is 175 Å². The predicted octanol–water partition coefficient (Wildman–Crippen LogP) is 1.82. The smallest absolute Gasteiger partial charge is 0.745 e. The molecule has 0 aromatic heterocycles. The van der Waals surface area contributed by atoms with E-state index in [1.807, 2.05) is 12.1 Å². The van der Waals surface area contributed by atoms with Gasteiger partial charge in [-0.3, -0.25) is 0 Å². The van der Waals surface area contributed by atoms with Gasteiger partial charge in [0.15, 0.2) is 4.93 Å². The maximum Gasteiger partial charge on any atom is 1.00 e. The van der Waals surface area contributed by atoms with Gasteiger partial charge in [-0.25, -0.2) is 8.42 Å². The van der Waals surface area contributed by atoms with Crippen molar-refractivity contribution in [2.75, 3.05) is 0 Å². The van der Waals surface area contributed by atoms with E-state index in [4.69, 9.17) is 4.74 Å². The van der Waals surface area contributed by atoms with Crippen LogP contribution in [0.1, 0.15) is 77.3 Å². The predicted molar refractivity (Wildman–Crippen MR) is 97.3 cm³/mol. The molecule has 0 amide bonds. The molecule has 0 saturated heterocycles. The second kappa shape index (κ2) is 11.6. The van der Waals surface area contributed by atoms with E-state index in [0.717, 1.165) is 32.1 Å². The van der Waals surface area contributed by atoms with Crippen LogP contribution in [0.5, 0.6) is 5.75 Å². The molecule has 1 rings (SSSR count). The third kappa shape index (κ3) is 8.44. The number of aryl methyl sites for hydroxylation is 2. The van der Waals surface area contributed by atoms with Crippen molar-refractivity contribution < 1.29 is 47.3 Å². The summed E-state index contributed by atoms with van der Waals surface area (Å²) in [5.41, 5.74) is 2.51. The monoisotopic (exact) mass is 378 g/mol. The zero-order valence-corrected chi connectivity index (χ0v) is 19.2. The molecule has 0 heterocycles. The molecule has 25 heavy (non-hydrogen) atoms. The van der Waals surface area contributed by atoms with Gasteiger partial charge < -0.3 is 9.29 Å². The number of ether oxygens (including phenoxy) is 1. The summed E-state index contributed by atoms with van der Waals surface area (Å²) in [5, 5.41) is 0. The summed E-state index contributed by atoms with van der Waals surface area (Å²) in [6, 6.07) is 5.70. The van der Waals surface area contributed by atoms with Crippen molar-refractivity contribution in [1.29, 1.82) is 0 Å². The molecule has 0 aliphatic carbocycles. The maximum atomic E-state index is 11.3. The van der Waals surface area contributed by atoms with Gasteiger partial charge in [-0.1, -0.05) is 45.6 Å². The molecule has 0 aliphatic heterocycles. The van der Waals surface area contributed by atoms with Crippen molar-refractivity contribution in [3.8, 4) is 5.75 Å². The first-order valence-corrected chi connectivity index (χ1v) is 10.4. The molecule has 0 spiro atoms. The Morgan fingerprint density at radius 2 is 1.48 bits per heavy atom. The number of unbranched alkanes of at least 4 members (excludes halogenated alkanes) is 4. The van der Waals surface area contributed by atoms with Crippen LogP contribution in [-0.4, -0.2) is 17.9 Å². The standard InChI is InChI=1S/C19H32O4S.Na/c1-5-7-9-11-16-13-14-18(15-17(16)12-10-8-6-2)23-19(3,4)24(20,21)22;/h13-15H,5-12H2,1-4H3,(H,20,21,22);/q;+1/p-1. The Bertz CT molecular complexity index is 612. The molecule has 6 heteroatoms. The summed E-state index contributed by atoms with van der Waals surface area (Å²) in [4.78, 5) is -1.77. The topological polar surface area (TPSA) is 66.4 Å². The molecule has 0 unspecified atom stereocenters. The van der Waals surface area contributed by atoms with E-state index in [-0.39, 0.29) is 29.6 Å². The van der Waals surface area contributed by atoms with Crippen LogP contribution in [0.15, 0.2) is 18.2 Å². The van der Waals surface area contributed by atoms with Crippen LogP contribution >= 0.6 is 0 Å². The van der Waals surface area contributed by atoms with Crippen LogP contribution in [0.4, 0.5) is 0 Å². The molecule has 0 atom stereocenters. The van der Waals surface area contributed by atoms with Crippen LogP contribution in [0, 0.1) is 0 Å². The Balaban J connectivity index is 0.00000576. The van der Waals surface area contributed by atoms with Gasteiger partial charge in [0.2, 0.25) is 0 Å². The first-order chi connectivity index (χ1) is 11.2. The average molecular weight is 379 g/mol. The Morgan fingerprint density at radius 3 is 1.96 bits per heavy atom. The van der Waals surface area contributed by atoms with Crippen molar-refractivity contribution in [2.45, 2.75) is 84.0 Å². The van der Waals surface area contributed by atoms with E-state index in [1.165, 1.54) is 44.2 Å². The van der Waals surface area contributed by atoms with E-state index in [2.05, 4.69) is 13.8 Å². The molecule has 0 fully saturated rings. The minimum absolute atomic E-state index is 0. The van der Waals surface area contributed by atoms with Crippen molar-refractivity contribution in [3.63, 3.8) is 0 Å². The summed E-state index contributed by atoms with van der Waals surface area (Å²) in [5.74, 6) is 0.449. The van der Waals surface area contributed by atoms with Gasteiger partial charge in [0.25, 0.3) is 0 Å². The fourth-order valence-electron chi connectivity index (χ4n) is 2.61. The van der Waals surface area contributed by atoms with Crippen LogP contribution in [0.25, 0.3) is 0 Å². The summed E-state index contributed by atoms with van der Waals surface area (Å²) in [6.45, 7) is 6.94. The summed E-state index contributed by atoms with van der Waals surface area (Å²) in [6.07, 6.45) is 8.94. The van der Waals surface area contributed by atoms with E-state index in [1.54, 1.807) is 6.07 Å². The molecule has 0 bridgehead atoms. The molecular weight excluding hydrogens is 347 g/mol. The Hall–Kier alpha value is -0.0700. The van der Waals surface area contributed by atoms with E-state index in [0.29, 0.717) is 5.75 Å². The zero-order chi connectivity index (χ0) is 18.2. The summed E-state index contributed by atoms with van der Waals surface area (Å²) >= 11 is 0. The second-order valence-electron chi connectivity index (χ2n) is 6.80. The van der Waals surface area contributed by atoms with Crippen molar-refractivity contribution in [2.24, 2.45) is 0 Å². The molecule has 0 saturated carbocycles. The molecule has 1 aromatic carbocycles. The molecule has 138 valence electrons. The Morgan fingerprint density at radius 1 is 0.960 bits per heavy atom. The van der Waals surface area contributed by atoms with Gasteiger partial charge in [0, 0.05) is 0 Å². The number of rotatable bonds is 11.